The van der Waals surface area contributed by atoms with Crippen LogP contribution in [0, 0.1) is 0 Å². The Balaban J connectivity index is 2.77. The van der Waals surface area contributed by atoms with Gasteiger partial charge in [0.2, 0.25) is 0 Å². The van der Waals surface area contributed by atoms with Gasteiger partial charge in [0.15, 0.2) is 5.82 Å². The van der Waals surface area contributed by atoms with Crippen LogP contribution in [-0.2, 0) is 14.9 Å². The van der Waals surface area contributed by atoms with E-state index in [0.29, 0.717) is 0 Å². The third-order valence-electron chi connectivity index (χ3n) is 1.25. The highest BCUT2D eigenvalue weighted by atomic mass is 35.5. The highest BCUT2D eigenvalue weighted by Crippen LogP contribution is 2.07. The number of ether oxygens (including phenoxy) is 1. The Kier molecular flexibility index (Phi) is 3.85. The van der Waals surface area contributed by atoms with Gasteiger partial charge in [0.25, 0.3) is 0 Å². The average Bonchev–Trinajstić information content (AvgIpc) is 2.15. The molecule has 1 amide bonds. The van der Waals surface area contributed by atoms with Gasteiger partial charge >= 0.3 is 16.3 Å². The highest BCUT2D eigenvalue weighted by Gasteiger charge is 2.15. The van der Waals surface area contributed by atoms with E-state index in [2.05, 4.69) is 14.7 Å². The van der Waals surface area contributed by atoms with Crippen molar-refractivity contribution in [3.8, 4) is 0 Å². The second kappa shape index (κ2) is 4.94. The standard InChI is InChI=1S/C6H7ClN4O4S/c1-15-6(12)11-16(13,14)10-5-3-8-2-4(7)9-5/h2-3H,1H3,(H,9,10)(H,11,12). The fourth-order valence-electron chi connectivity index (χ4n) is 0.706. The van der Waals surface area contributed by atoms with Crippen LogP contribution in [0.15, 0.2) is 12.4 Å². The summed E-state index contributed by atoms with van der Waals surface area (Å²) in [4.78, 5) is 17.9. The van der Waals surface area contributed by atoms with Crippen molar-refractivity contribution in [1.29, 1.82) is 0 Å². The minimum Gasteiger partial charge on any atom is -0.452 e. The van der Waals surface area contributed by atoms with Crippen LogP contribution in [0.1, 0.15) is 0 Å². The summed E-state index contributed by atoms with van der Waals surface area (Å²) in [6.45, 7) is 0. The van der Waals surface area contributed by atoms with Gasteiger partial charge in [-0.2, -0.15) is 8.42 Å². The van der Waals surface area contributed by atoms with E-state index in [1.54, 1.807) is 4.72 Å². The van der Waals surface area contributed by atoms with Gasteiger partial charge in [-0.05, 0) is 0 Å². The molecule has 0 fully saturated rings. The lowest BCUT2D eigenvalue weighted by Crippen LogP contribution is -2.35. The number of aromatic nitrogens is 2. The van der Waals surface area contributed by atoms with E-state index in [1.807, 2.05) is 4.72 Å². The molecule has 0 aromatic carbocycles. The van der Waals surface area contributed by atoms with Crippen molar-refractivity contribution < 1.29 is 17.9 Å². The predicted octanol–water partition coefficient (Wildman–Crippen LogP) is 0.143. The minimum atomic E-state index is -4.10. The Labute approximate surface area is 96.2 Å². The first-order valence-corrected chi connectivity index (χ1v) is 5.65. The molecule has 0 saturated heterocycles. The molecule has 0 saturated carbocycles. The maximum Gasteiger partial charge on any atom is 0.422 e. The van der Waals surface area contributed by atoms with E-state index in [4.69, 9.17) is 11.6 Å². The highest BCUT2D eigenvalue weighted by molar-refractivity contribution is 7.91. The van der Waals surface area contributed by atoms with E-state index in [-0.39, 0.29) is 11.0 Å². The third-order valence-corrected chi connectivity index (χ3v) is 2.34. The number of nitrogens with zero attached hydrogens (tertiary/aromatic N) is 2. The van der Waals surface area contributed by atoms with Crippen LogP contribution >= 0.6 is 11.6 Å². The number of amides is 1. The molecule has 1 rings (SSSR count). The maximum absolute atomic E-state index is 11.2. The monoisotopic (exact) mass is 266 g/mol. The van der Waals surface area contributed by atoms with E-state index in [1.165, 1.54) is 6.20 Å². The lowest BCUT2D eigenvalue weighted by Gasteiger charge is -2.06. The fourth-order valence-corrected chi connectivity index (χ4v) is 1.58. The van der Waals surface area contributed by atoms with Crippen molar-refractivity contribution in [2.45, 2.75) is 0 Å². The van der Waals surface area contributed by atoms with Crippen molar-refractivity contribution in [1.82, 2.24) is 14.7 Å². The van der Waals surface area contributed by atoms with Crippen LogP contribution in [0.5, 0.6) is 0 Å². The van der Waals surface area contributed by atoms with Crippen molar-refractivity contribution in [3.05, 3.63) is 17.5 Å². The number of carbonyl (C=O) groups excluding carboxylic acids is 1. The summed E-state index contributed by atoms with van der Waals surface area (Å²) < 4.78 is 30.1. The number of halogens is 1. The first kappa shape index (κ1) is 12.5. The first-order valence-electron chi connectivity index (χ1n) is 3.79. The number of anilines is 1. The van der Waals surface area contributed by atoms with Crippen molar-refractivity contribution in [2.75, 3.05) is 11.8 Å². The summed E-state index contributed by atoms with van der Waals surface area (Å²) in [7, 11) is -3.07. The minimum absolute atomic E-state index is 0.0123. The van der Waals surface area contributed by atoms with Crippen LogP contribution in [0.4, 0.5) is 10.6 Å². The van der Waals surface area contributed by atoms with Gasteiger partial charge < -0.3 is 4.74 Å². The van der Waals surface area contributed by atoms with Crippen LogP contribution < -0.4 is 9.44 Å². The second-order valence-electron chi connectivity index (χ2n) is 2.43. The average molecular weight is 267 g/mol. The molecule has 8 nitrogen and oxygen atoms in total. The summed E-state index contributed by atoms with van der Waals surface area (Å²) in [6, 6.07) is 0. The molecular weight excluding hydrogens is 260 g/mol. The molecule has 0 spiro atoms. The molecule has 1 aromatic rings. The lowest BCUT2D eigenvalue weighted by molar-refractivity contribution is 0.177. The summed E-state index contributed by atoms with van der Waals surface area (Å²) in [5.74, 6) is -0.121. The summed E-state index contributed by atoms with van der Waals surface area (Å²) in [5.41, 5.74) is 0. The Morgan fingerprint density at radius 3 is 2.75 bits per heavy atom. The molecule has 0 bridgehead atoms. The Bertz CT molecular complexity index is 491. The van der Waals surface area contributed by atoms with E-state index < -0.39 is 16.3 Å². The Morgan fingerprint density at radius 2 is 2.19 bits per heavy atom. The predicted molar refractivity (Wildman–Crippen MR) is 55.1 cm³/mol. The number of hydrogen-bond acceptors (Lipinski definition) is 6. The summed E-state index contributed by atoms with van der Waals surface area (Å²) >= 11 is 5.49. The van der Waals surface area contributed by atoms with E-state index >= 15 is 0 Å². The Hall–Kier alpha value is -1.61. The molecule has 0 radical (unpaired) electrons. The molecule has 0 atom stereocenters. The zero-order valence-corrected chi connectivity index (χ0v) is 9.54. The van der Waals surface area contributed by atoms with Gasteiger partial charge in [0.1, 0.15) is 5.15 Å². The number of hydrogen-bond donors (Lipinski definition) is 2. The third kappa shape index (κ3) is 3.87. The molecular formula is C6H7ClN4O4S. The first-order chi connectivity index (χ1) is 7.43. The van der Waals surface area contributed by atoms with Gasteiger partial charge in [-0.1, -0.05) is 11.6 Å². The number of rotatable bonds is 3. The quantitative estimate of drug-likeness (QED) is 0.805. The van der Waals surface area contributed by atoms with Gasteiger partial charge in [0, 0.05) is 0 Å². The topological polar surface area (TPSA) is 110 Å². The number of nitrogens with one attached hydrogen (secondary N) is 2. The number of carbonyl (C=O) groups is 1. The van der Waals surface area contributed by atoms with E-state index in [9.17, 15) is 13.2 Å². The molecule has 0 unspecified atom stereocenters. The second-order valence-corrected chi connectivity index (χ2v) is 4.23. The molecule has 2 N–H and O–H groups in total. The van der Waals surface area contributed by atoms with E-state index in [0.717, 1.165) is 13.3 Å². The van der Waals surface area contributed by atoms with Gasteiger partial charge in [-0.3, -0.25) is 4.98 Å². The van der Waals surface area contributed by atoms with Crippen molar-refractivity contribution >= 4 is 33.7 Å². The van der Waals surface area contributed by atoms with Crippen LogP contribution in [0.2, 0.25) is 5.15 Å². The molecule has 10 heteroatoms. The van der Waals surface area contributed by atoms with Crippen LogP contribution in [0.3, 0.4) is 0 Å². The normalized spacial score (nSPS) is 10.6. The van der Waals surface area contributed by atoms with Gasteiger partial charge in [-0.25, -0.2) is 19.2 Å². The van der Waals surface area contributed by atoms with Crippen molar-refractivity contribution in [3.63, 3.8) is 0 Å². The molecule has 0 aliphatic carbocycles. The van der Waals surface area contributed by atoms with Gasteiger partial charge in [0.05, 0.1) is 19.5 Å². The molecule has 1 aromatic heterocycles. The molecule has 0 aliphatic heterocycles. The molecule has 88 valence electrons. The lowest BCUT2D eigenvalue weighted by atomic mass is 10.7. The summed E-state index contributed by atoms with van der Waals surface area (Å²) in [5, 5.41) is 0.0123. The van der Waals surface area contributed by atoms with Crippen molar-refractivity contribution in [2.24, 2.45) is 0 Å². The zero-order valence-electron chi connectivity index (χ0n) is 7.97. The fraction of sp³-hybridized carbons (Fsp3) is 0.167. The summed E-state index contributed by atoms with van der Waals surface area (Å²) in [6.07, 6.45) is 1.23. The van der Waals surface area contributed by atoms with Crippen LogP contribution in [-0.4, -0.2) is 31.6 Å². The maximum atomic E-state index is 11.2. The molecule has 0 aliphatic rings. The number of methoxy groups -OCH3 is 1. The van der Waals surface area contributed by atoms with Gasteiger partial charge in [-0.15, -0.1) is 0 Å². The smallest absolute Gasteiger partial charge is 0.422 e. The largest absolute Gasteiger partial charge is 0.452 e. The Morgan fingerprint density at radius 1 is 1.50 bits per heavy atom. The molecule has 16 heavy (non-hydrogen) atoms. The van der Waals surface area contributed by atoms with Crippen LogP contribution in [0.25, 0.3) is 0 Å². The zero-order chi connectivity index (χ0) is 12.2. The SMILES string of the molecule is COC(=O)NS(=O)(=O)Nc1cncc(Cl)n1. The molecule has 1 heterocycles.